The van der Waals surface area contributed by atoms with Crippen molar-refractivity contribution >= 4 is 11.2 Å². The number of hydrogen-bond acceptors (Lipinski definition) is 5. The molecule has 2 atom stereocenters. The van der Waals surface area contributed by atoms with E-state index in [1.54, 1.807) is 34.6 Å². The molecule has 9 heteroatoms. The van der Waals surface area contributed by atoms with Gasteiger partial charge in [-0.1, -0.05) is 6.07 Å². The summed E-state index contributed by atoms with van der Waals surface area (Å²) in [5.74, 6) is -1.54. The molecule has 4 aromatic rings. The summed E-state index contributed by atoms with van der Waals surface area (Å²) >= 11 is 0. The summed E-state index contributed by atoms with van der Waals surface area (Å²) in [6, 6.07) is 2.46. The van der Waals surface area contributed by atoms with Crippen LogP contribution in [0.15, 0.2) is 55.8 Å². The van der Waals surface area contributed by atoms with Gasteiger partial charge in [-0.25, -0.2) is 28.7 Å². The predicted molar refractivity (Wildman–Crippen MR) is 92.5 cm³/mol. The van der Waals surface area contributed by atoms with Crippen molar-refractivity contribution in [1.82, 2.24) is 29.1 Å². The zero-order chi connectivity index (χ0) is 19.0. The minimum atomic E-state index is -1.73. The largest absolute Gasteiger partial charge is 0.381 e. The van der Waals surface area contributed by atoms with Crippen molar-refractivity contribution in [3.8, 4) is 0 Å². The fourth-order valence-electron chi connectivity index (χ4n) is 3.24. The maximum atomic E-state index is 14.6. The van der Waals surface area contributed by atoms with Crippen LogP contribution in [-0.4, -0.2) is 34.2 Å². The topological polar surface area (TPSA) is 81.6 Å². The molecule has 0 aliphatic rings. The van der Waals surface area contributed by atoms with Crippen LogP contribution in [0.25, 0.3) is 11.2 Å². The highest BCUT2D eigenvalue weighted by molar-refractivity contribution is 5.69. The smallest absolute Gasteiger partial charge is 0.163 e. The summed E-state index contributed by atoms with van der Waals surface area (Å²) in [7, 11) is 0. The maximum Gasteiger partial charge on any atom is 0.163 e. The van der Waals surface area contributed by atoms with Crippen molar-refractivity contribution in [2.24, 2.45) is 0 Å². The Labute approximate surface area is 153 Å². The molecule has 0 saturated carbocycles. The number of rotatable bonds is 5. The van der Waals surface area contributed by atoms with Crippen LogP contribution < -0.4 is 0 Å². The summed E-state index contributed by atoms with van der Waals surface area (Å²) in [5.41, 5.74) is -0.698. The van der Waals surface area contributed by atoms with Gasteiger partial charge in [-0.05, 0) is 13.0 Å². The Balaban J connectivity index is 1.86. The number of imidazole rings is 2. The van der Waals surface area contributed by atoms with Gasteiger partial charge in [0.15, 0.2) is 5.65 Å². The first-order valence-corrected chi connectivity index (χ1v) is 8.25. The Kier molecular flexibility index (Phi) is 4.15. The first-order valence-electron chi connectivity index (χ1n) is 8.25. The van der Waals surface area contributed by atoms with Gasteiger partial charge in [-0.15, -0.1) is 0 Å². The number of halogens is 2. The van der Waals surface area contributed by atoms with E-state index in [2.05, 4.69) is 19.9 Å². The molecule has 0 fully saturated rings. The zero-order valence-electron chi connectivity index (χ0n) is 14.4. The van der Waals surface area contributed by atoms with Crippen LogP contribution in [0.2, 0.25) is 0 Å². The lowest BCUT2D eigenvalue weighted by Gasteiger charge is -2.36. The van der Waals surface area contributed by atoms with Crippen LogP contribution in [0.1, 0.15) is 18.5 Å². The molecule has 4 rings (SSSR count). The number of aromatic nitrogens is 6. The molecule has 0 saturated heterocycles. The van der Waals surface area contributed by atoms with E-state index >= 15 is 0 Å². The van der Waals surface area contributed by atoms with E-state index < -0.39 is 23.3 Å². The summed E-state index contributed by atoms with van der Waals surface area (Å²) in [6.07, 6.45) is 9.19. The maximum absolute atomic E-state index is 14.6. The molecule has 0 unspecified atom stereocenters. The highest BCUT2D eigenvalue weighted by Gasteiger charge is 2.40. The van der Waals surface area contributed by atoms with Crippen LogP contribution in [0.3, 0.4) is 0 Å². The van der Waals surface area contributed by atoms with Gasteiger partial charge in [0.1, 0.15) is 29.1 Å². The number of nitrogens with zero attached hydrogens (tertiary/aromatic N) is 6. The van der Waals surface area contributed by atoms with Gasteiger partial charge in [0.25, 0.3) is 0 Å². The normalized spacial score (nSPS) is 15.0. The SMILES string of the molecule is C[C@@H](n1cnc2cncnc21)[C@](O)(Cn1ccnc1)c1ccc(F)cc1F. The molecule has 3 heterocycles. The van der Waals surface area contributed by atoms with E-state index in [0.717, 1.165) is 12.1 Å². The third-order valence-electron chi connectivity index (χ3n) is 4.73. The van der Waals surface area contributed by atoms with Gasteiger partial charge in [-0.3, -0.25) is 0 Å². The minimum absolute atomic E-state index is 0.00146. The molecule has 0 amide bonds. The van der Waals surface area contributed by atoms with Crippen molar-refractivity contribution in [1.29, 1.82) is 0 Å². The van der Waals surface area contributed by atoms with Crippen LogP contribution in [0, 0.1) is 11.6 Å². The Morgan fingerprint density at radius 1 is 1.19 bits per heavy atom. The monoisotopic (exact) mass is 370 g/mol. The standard InChI is InChI=1S/C18H16F2N6O/c1-12(26-11-24-16-7-22-9-23-17(16)26)18(27,8-25-5-4-21-10-25)14-3-2-13(19)6-15(14)20/h2-7,9-12,27H,8H2,1H3/t12-,18-/m1/s1. The number of aliphatic hydroxyl groups is 1. The van der Waals surface area contributed by atoms with E-state index in [0.29, 0.717) is 11.2 Å². The average molecular weight is 370 g/mol. The first-order chi connectivity index (χ1) is 13.0. The Morgan fingerprint density at radius 2 is 2.04 bits per heavy atom. The van der Waals surface area contributed by atoms with Gasteiger partial charge in [0.05, 0.1) is 31.4 Å². The molecule has 0 radical (unpaired) electrons. The Bertz CT molecular complexity index is 1080. The number of fused-ring (bicyclic) bond motifs is 1. The van der Waals surface area contributed by atoms with Crippen LogP contribution in [0.5, 0.6) is 0 Å². The van der Waals surface area contributed by atoms with Crippen LogP contribution in [0.4, 0.5) is 8.78 Å². The van der Waals surface area contributed by atoms with Gasteiger partial charge in [0.2, 0.25) is 0 Å². The van der Waals surface area contributed by atoms with Crippen molar-refractivity contribution in [2.75, 3.05) is 0 Å². The lowest BCUT2D eigenvalue weighted by atomic mass is 9.86. The fourth-order valence-corrected chi connectivity index (χ4v) is 3.24. The first kappa shape index (κ1) is 17.2. The molecule has 1 aromatic carbocycles. The second-order valence-electron chi connectivity index (χ2n) is 6.34. The van der Waals surface area contributed by atoms with E-state index in [9.17, 15) is 13.9 Å². The second kappa shape index (κ2) is 6.51. The molecule has 0 aliphatic carbocycles. The molecule has 3 aromatic heterocycles. The number of hydrogen-bond donors (Lipinski definition) is 1. The summed E-state index contributed by atoms with van der Waals surface area (Å²) in [4.78, 5) is 16.3. The molecule has 0 bridgehead atoms. The molecule has 27 heavy (non-hydrogen) atoms. The lowest BCUT2D eigenvalue weighted by Crippen LogP contribution is -2.40. The summed E-state index contributed by atoms with van der Waals surface area (Å²) in [6.45, 7) is 1.73. The highest BCUT2D eigenvalue weighted by atomic mass is 19.1. The molecule has 7 nitrogen and oxygen atoms in total. The molecule has 138 valence electrons. The van der Waals surface area contributed by atoms with Gasteiger partial charge < -0.3 is 14.2 Å². The quantitative estimate of drug-likeness (QED) is 0.584. The second-order valence-corrected chi connectivity index (χ2v) is 6.34. The fraction of sp³-hybridized carbons (Fsp3) is 0.222. The van der Waals surface area contributed by atoms with Crippen molar-refractivity contribution in [2.45, 2.75) is 25.1 Å². The van der Waals surface area contributed by atoms with Crippen molar-refractivity contribution < 1.29 is 13.9 Å². The van der Waals surface area contributed by atoms with E-state index in [4.69, 9.17) is 0 Å². The Morgan fingerprint density at radius 3 is 2.78 bits per heavy atom. The highest BCUT2D eigenvalue weighted by Crippen LogP contribution is 2.37. The van der Waals surface area contributed by atoms with Crippen LogP contribution in [-0.2, 0) is 12.1 Å². The van der Waals surface area contributed by atoms with Gasteiger partial charge in [-0.2, -0.15) is 0 Å². The van der Waals surface area contributed by atoms with Gasteiger partial charge >= 0.3 is 0 Å². The molecular formula is C18H16F2N6O. The third kappa shape index (κ3) is 2.95. The van der Waals surface area contributed by atoms with Gasteiger partial charge in [0, 0.05) is 24.0 Å². The Hall–Kier alpha value is -3.20. The predicted octanol–water partition coefficient (Wildman–Crippen LogP) is 2.45. The zero-order valence-corrected chi connectivity index (χ0v) is 14.4. The minimum Gasteiger partial charge on any atom is -0.381 e. The number of benzene rings is 1. The molecule has 0 spiro atoms. The molecule has 0 aliphatic heterocycles. The molecule has 1 N–H and O–H groups in total. The molecular weight excluding hydrogens is 354 g/mol. The van der Waals surface area contributed by atoms with Crippen molar-refractivity contribution in [3.63, 3.8) is 0 Å². The summed E-state index contributed by atoms with van der Waals surface area (Å²) < 4.78 is 31.3. The van der Waals surface area contributed by atoms with E-state index in [-0.39, 0.29) is 12.1 Å². The third-order valence-corrected chi connectivity index (χ3v) is 4.73. The van der Waals surface area contributed by atoms with E-state index in [1.807, 2.05) is 0 Å². The summed E-state index contributed by atoms with van der Waals surface area (Å²) in [5, 5.41) is 11.6. The van der Waals surface area contributed by atoms with E-state index in [1.165, 1.54) is 25.0 Å². The van der Waals surface area contributed by atoms with Crippen LogP contribution >= 0.6 is 0 Å². The lowest BCUT2D eigenvalue weighted by molar-refractivity contribution is -0.0292. The average Bonchev–Trinajstić information content (AvgIpc) is 3.30. The van der Waals surface area contributed by atoms with Crippen molar-refractivity contribution in [3.05, 3.63) is 73.0 Å².